The van der Waals surface area contributed by atoms with Crippen LogP contribution in [0.25, 0.3) is 0 Å². The van der Waals surface area contributed by atoms with E-state index in [1.54, 1.807) is 32.3 Å². The summed E-state index contributed by atoms with van der Waals surface area (Å²) in [6, 6.07) is 1.73. The number of hydrogen-bond acceptors (Lipinski definition) is 4. The van der Waals surface area contributed by atoms with Crippen LogP contribution < -0.4 is 0 Å². The Morgan fingerprint density at radius 2 is 2.42 bits per heavy atom. The van der Waals surface area contributed by atoms with Crippen molar-refractivity contribution in [3.63, 3.8) is 0 Å². The highest BCUT2D eigenvalue weighted by Gasteiger charge is 2.02. The summed E-state index contributed by atoms with van der Waals surface area (Å²) in [4.78, 5) is 3.99. The van der Waals surface area contributed by atoms with Crippen molar-refractivity contribution in [2.75, 3.05) is 0 Å². The maximum Gasteiger partial charge on any atom is 0.183 e. The van der Waals surface area contributed by atoms with Crippen LogP contribution in [-0.2, 0) is 0 Å². The molecular formula is C8H10N4. The van der Waals surface area contributed by atoms with E-state index in [1.165, 1.54) is 0 Å². The third kappa shape index (κ3) is 1.72. The standard InChI is InChI=1S/C8H10N4/c1-3-10-8-7(6(2)9)4-5-11-12-8/h3-5,9H,1-2H3/b9-6?,10-3-. The molecule has 0 spiro atoms. The zero-order chi connectivity index (χ0) is 8.97. The van der Waals surface area contributed by atoms with E-state index >= 15 is 0 Å². The van der Waals surface area contributed by atoms with Crippen molar-refractivity contribution in [2.45, 2.75) is 13.8 Å². The van der Waals surface area contributed by atoms with Crippen LogP contribution in [0.15, 0.2) is 17.3 Å². The molecule has 0 aliphatic carbocycles. The van der Waals surface area contributed by atoms with Crippen LogP contribution in [0, 0.1) is 5.41 Å². The highest BCUT2D eigenvalue weighted by atomic mass is 15.1. The molecule has 62 valence electrons. The van der Waals surface area contributed by atoms with Gasteiger partial charge in [0.1, 0.15) is 0 Å². The van der Waals surface area contributed by atoms with Gasteiger partial charge in [-0.05, 0) is 19.9 Å². The number of nitrogens with zero attached hydrogens (tertiary/aromatic N) is 3. The van der Waals surface area contributed by atoms with Crippen LogP contribution in [0.4, 0.5) is 5.82 Å². The van der Waals surface area contributed by atoms with Gasteiger partial charge >= 0.3 is 0 Å². The van der Waals surface area contributed by atoms with E-state index in [2.05, 4.69) is 15.2 Å². The summed E-state index contributed by atoms with van der Waals surface area (Å²) in [7, 11) is 0. The lowest BCUT2D eigenvalue weighted by molar-refractivity contribution is 1.02. The molecule has 1 rings (SSSR count). The van der Waals surface area contributed by atoms with Gasteiger partial charge < -0.3 is 5.41 Å². The lowest BCUT2D eigenvalue weighted by atomic mass is 10.2. The highest BCUT2D eigenvalue weighted by molar-refractivity contribution is 6.00. The van der Waals surface area contributed by atoms with E-state index < -0.39 is 0 Å². The molecule has 0 radical (unpaired) electrons. The van der Waals surface area contributed by atoms with Crippen LogP contribution in [0.5, 0.6) is 0 Å². The smallest absolute Gasteiger partial charge is 0.183 e. The van der Waals surface area contributed by atoms with Crippen molar-refractivity contribution < 1.29 is 0 Å². The topological polar surface area (TPSA) is 62.0 Å². The second kappa shape index (κ2) is 3.71. The van der Waals surface area contributed by atoms with Gasteiger partial charge in [-0.15, -0.1) is 5.10 Å². The van der Waals surface area contributed by atoms with Crippen LogP contribution in [-0.4, -0.2) is 22.1 Å². The number of hydrogen-bond donors (Lipinski definition) is 1. The normalized spacial score (nSPS) is 10.5. The maximum atomic E-state index is 7.41. The molecule has 0 bridgehead atoms. The van der Waals surface area contributed by atoms with Gasteiger partial charge in [0.15, 0.2) is 5.82 Å². The van der Waals surface area contributed by atoms with Gasteiger partial charge in [-0.25, -0.2) is 4.99 Å². The summed E-state index contributed by atoms with van der Waals surface area (Å²) in [5.74, 6) is 0.507. The van der Waals surface area contributed by atoms with Gasteiger partial charge in [0.25, 0.3) is 0 Å². The summed E-state index contributed by atoms with van der Waals surface area (Å²) >= 11 is 0. The van der Waals surface area contributed by atoms with Crippen molar-refractivity contribution in [3.05, 3.63) is 17.8 Å². The molecule has 12 heavy (non-hydrogen) atoms. The molecule has 0 aromatic carbocycles. The Morgan fingerprint density at radius 3 is 3.00 bits per heavy atom. The van der Waals surface area contributed by atoms with Gasteiger partial charge in [-0.2, -0.15) is 5.10 Å². The van der Waals surface area contributed by atoms with E-state index in [1.807, 2.05) is 0 Å². The fourth-order valence-electron chi connectivity index (χ4n) is 0.835. The molecule has 0 amide bonds. The van der Waals surface area contributed by atoms with Crippen LogP contribution >= 0.6 is 0 Å². The first-order valence-corrected chi connectivity index (χ1v) is 3.61. The zero-order valence-electron chi connectivity index (χ0n) is 7.07. The Labute approximate surface area is 70.9 Å². The van der Waals surface area contributed by atoms with Gasteiger partial charge in [0.2, 0.25) is 0 Å². The first-order chi connectivity index (χ1) is 5.75. The Morgan fingerprint density at radius 1 is 1.67 bits per heavy atom. The molecule has 0 saturated carbocycles. The van der Waals surface area contributed by atoms with E-state index in [9.17, 15) is 0 Å². The molecule has 0 atom stereocenters. The van der Waals surface area contributed by atoms with E-state index in [4.69, 9.17) is 5.41 Å². The van der Waals surface area contributed by atoms with E-state index in [-0.39, 0.29) is 0 Å². The first-order valence-electron chi connectivity index (χ1n) is 3.61. The van der Waals surface area contributed by atoms with Crippen LogP contribution in [0.2, 0.25) is 0 Å². The van der Waals surface area contributed by atoms with Gasteiger partial charge in [0, 0.05) is 17.5 Å². The minimum atomic E-state index is 0.450. The highest BCUT2D eigenvalue weighted by Crippen LogP contribution is 2.13. The third-order valence-corrected chi connectivity index (χ3v) is 1.36. The average Bonchev–Trinajstić information content (AvgIpc) is 2.05. The number of rotatable bonds is 2. The largest absolute Gasteiger partial charge is 0.305 e. The third-order valence-electron chi connectivity index (χ3n) is 1.36. The van der Waals surface area contributed by atoms with Gasteiger partial charge in [0.05, 0.1) is 6.20 Å². The van der Waals surface area contributed by atoms with E-state index in [0.717, 1.165) is 5.56 Å². The molecule has 1 aromatic heterocycles. The number of nitrogens with one attached hydrogen (secondary N) is 1. The SMILES string of the molecule is C/C=N\c1nnccc1C(C)=N. The maximum absolute atomic E-state index is 7.41. The average molecular weight is 162 g/mol. The minimum absolute atomic E-state index is 0.450. The van der Waals surface area contributed by atoms with Crippen LogP contribution in [0.3, 0.4) is 0 Å². The second-order valence-corrected chi connectivity index (χ2v) is 2.28. The lowest BCUT2D eigenvalue weighted by Gasteiger charge is -1.98. The molecule has 0 saturated heterocycles. The van der Waals surface area contributed by atoms with Crippen molar-refractivity contribution in [1.29, 1.82) is 5.41 Å². The Kier molecular flexibility index (Phi) is 2.63. The fraction of sp³-hybridized carbons (Fsp3) is 0.250. The molecule has 1 N–H and O–H groups in total. The van der Waals surface area contributed by atoms with Crippen LogP contribution in [0.1, 0.15) is 19.4 Å². The predicted octanol–water partition coefficient (Wildman–Crippen LogP) is 1.59. The molecule has 1 aromatic rings. The summed E-state index contributed by atoms with van der Waals surface area (Å²) in [6.07, 6.45) is 3.19. The summed E-state index contributed by atoms with van der Waals surface area (Å²) in [5, 5.41) is 14.9. The fourth-order valence-corrected chi connectivity index (χ4v) is 0.835. The molecule has 0 aliphatic rings. The van der Waals surface area contributed by atoms with Crippen molar-refractivity contribution >= 4 is 17.7 Å². The molecule has 0 fully saturated rings. The Hall–Kier alpha value is -1.58. The Bertz CT molecular complexity index is 317. The predicted molar refractivity (Wildman–Crippen MR) is 48.4 cm³/mol. The van der Waals surface area contributed by atoms with Crippen molar-refractivity contribution in [3.8, 4) is 0 Å². The number of aromatic nitrogens is 2. The number of aliphatic imine (C=N–C) groups is 1. The van der Waals surface area contributed by atoms with Crippen molar-refractivity contribution in [1.82, 2.24) is 10.2 Å². The lowest BCUT2D eigenvalue weighted by Crippen LogP contribution is -1.95. The zero-order valence-corrected chi connectivity index (χ0v) is 7.07. The summed E-state index contributed by atoms with van der Waals surface area (Å²) < 4.78 is 0. The van der Waals surface area contributed by atoms with Crippen molar-refractivity contribution in [2.24, 2.45) is 4.99 Å². The van der Waals surface area contributed by atoms with Gasteiger partial charge in [-0.3, -0.25) is 0 Å². The molecule has 4 heteroatoms. The van der Waals surface area contributed by atoms with Gasteiger partial charge in [-0.1, -0.05) is 0 Å². The second-order valence-electron chi connectivity index (χ2n) is 2.28. The summed E-state index contributed by atoms with van der Waals surface area (Å²) in [5.41, 5.74) is 1.17. The Balaban J connectivity index is 3.17. The minimum Gasteiger partial charge on any atom is -0.305 e. The first kappa shape index (κ1) is 8.52. The monoisotopic (exact) mass is 162 g/mol. The molecule has 0 aliphatic heterocycles. The molecule has 4 nitrogen and oxygen atoms in total. The quantitative estimate of drug-likeness (QED) is 0.671. The van der Waals surface area contributed by atoms with E-state index in [0.29, 0.717) is 11.5 Å². The summed E-state index contributed by atoms with van der Waals surface area (Å²) in [6.45, 7) is 3.50. The molecule has 1 heterocycles. The molecular weight excluding hydrogens is 152 g/mol. The molecule has 0 unspecified atom stereocenters.